The number of nitrogens with one attached hydrogen (secondary N) is 1. The average molecular weight is 254 g/mol. The van der Waals surface area contributed by atoms with Crippen molar-refractivity contribution in [1.82, 2.24) is 10.2 Å². The molecule has 2 heteroatoms. The molecule has 0 atom stereocenters. The fourth-order valence-electron chi connectivity index (χ4n) is 2.69. The second-order valence-corrected chi connectivity index (χ2v) is 6.27. The van der Waals surface area contributed by atoms with Crippen LogP contribution in [0.15, 0.2) is 0 Å². The van der Waals surface area contributed by atoms with Crippen molar-refractivity contribution in [2.45, 2.75) is 65.2 Å². The van der Waals surface area contributed by atoms with Gasteiger partial charge in [-0.05, 0) is 64.3 Å². The van der Waals surface area contributed by atoms with Crippen molar-refractivity contribution >= 4 is 0 Å². The van der Waals surface area contributed by atoms with Gasteiger partial charge in [0.15, 0.2) is 0 Å². The van der Waals surface area contributed by atoms with Gasteiger partial charge in [-0.25, -0.2) is 0 Å². The zero-order chi connectivity index (χ0) is 13.1. The Morgan fingerprint density at radius 3 is 2.22 bits per heavy atom. The topological polar surface area (TPSA) is 15.3 Å². The highest BCUT2D eigenvalue weighted by Gasteiger charge is 2.07. The van der Waals surface area contributed by atoms with Gasteiger partial charge in [0.1, 0.15) is 0 Å². The molecule has 0 spiro atoms. The van der Waals surface area contributed by atoms with Gasteiger partial charge >= 0.3 is 0 Å². The fourth-order valence-corrected chi connectivity index (χ4v) is 2.69. The Morgan fingerprint density at radius 1 is 0.889 bits per heavy atom. The first-order valence-corrected chi connectivity index (χ1v) is 8.22. The number of rotatable bonds is 8. The number of hydrogen-bond acceptors (Lipinski definition) is 2. The summed E-state index contributed by atoms with van der Waals surface area (Å²) < 4.78 is 0. The minimum absolute atomic E-state index is 0.783. The maximum atomic E-state index is 3.53. The molecule has 2 nitrogen and oxygen atoms in total. The SMILES string of the molecule is CC(C)CNCCCCCN1CCCCCCC1. The summed E-state index contributed by atoms with van der Waals surface area (Å²) in [5, 5.41) is 3.53. The van der Waals surface area contributed by atoms with E-state index < -0.39 is 0 Å². The van der Waals surface area contributed by atoms with E-state index in [0.29, 0.717) is 0 Å². The van der Waals surface area contributed by atoms with Crippen molar-refractivity contribution in [2.24, 2.45) is 5.92 Å². The fraction of sp³-hybridized carbons (Fsp3) is 1.00. The molecule has 0 bridgehead atoms. The van der Waals surface area contributed by atoms with Gasteiger partial charge in [0.2, 0.25) is 0 Å². The van der Waals surface area contributed by atoms with Gasteiger partial charge in [0.05, 0.1) is 0 Å². The molecule has 0 aromatic carbocycles. The first-order valence-electron chi connectivity index (χ1n) is 8.22. The highest BCUT2D eigenvalue weighted by molar-refractivity contribution is 4.62. The monoisotopic (exact) mass is 254 g/mol. The minimum Gasteiger partial charge on any atom is -0.316 e. The molecule has 1 N–H and O–H groups in total. The lowest BCUT2D eigenvalue weighted by Gasteiger charge is -2.24. The van der Waals surface area contributed by atoms with Crippen LogP contribution < -0.4 is 5.32 Å². The van der Waals surface area contributed by atoms with Crippen molar-refractivity contribution in [3.63, 3.8) is 0 Å². The lowest BCUT2D eigenvalue weighted by Crippen LogP contribution is -2.28. The van der Waals surface area contributed by atoms with Gasteiger partial charge in [-0.1, -0.05) is 39.5 Å². The van der Waals surface area contributed by atoms with Crippen LogP contribution in [0.25, 0.3) is 0 Å². The summed E-state index contributed by atoms with van der Waals surface area (Å²) in [5.74, 6) is 0.783. The molecule has 1 heterocycles. The van der Waals surface area contributed by atoms with E-state index in [1.165, 1.54) is 84.1 Å². The summed E-state index contributed by atoms with van der Waals surface area (Å²) in [4.78, 5) is 2.70. The third-order valence-electron chi connectivity index (χ3n) is 3.83. The quantitative estimate of drug-likeness (QED) is 0.665. The Morgan fingerprint density at radius 2 is 1.56 bits per heavy atom. The lowest BCUT2D eigenvalue weighted by atomic mass is 10.1. The molecule has 0 radical (unpaired) electrons. The van der Waals surface area contributed by atoms with E-state index in [0.717, 1.165) is 5.92 Å². The third-order valence-corrected chi connectivity index (χ3v) is 3.83. The summed E-state index contributed by atoms with van der Waals surface area (Å²) in [6.45, 7) is 11.0. The van der Waals surface area contributed by atoms with Gasteiger partial charge in [0, 0.05) is 0 Å². The van der Waals surface area contributed by atoms with Crippen molar-refractivity contribution in [3.05, 3.63) is 0 Å². The highest BCUT2D eigenvalue weighted by Crippen LogP contribution is 2.11. The number of unbranched alkanes of at least 4 members (excludes halogenated alkanes) is 2. The summed E-state index contributed by atoms with van der Waals surface area (Å²) in [6.07, 6.45) is 11.4. The Bertz CT molecular complexity index is 172. The molecule has 0 saturated carbocycles. The first-order chi connectivity index (χ1) is 8.79. The molecule has 0 amide bonds. The van der Waals surface area contributed by atoms with Crippen LogP contribution in [0.1, 0.15) is 65.2 Å². The van der Waals surface area contributed by atoms with E-state index in [-0.39, 0.29) is 0 Å². The van der Waals surface area contributed by atoms with E-state index in [1.54, 1.807) is 0 Å². The third kappa shape index (κ3) is 8.93. The van der Waals surface area contributed by atoms with Gasteiger partial charge in [-0.3, -0.25) is 0 Å². The van der Waals surface area contributed by atoms with E-state index in [1.807, 2.05) is 0 Å². The standard InChI is InChI=1S/C16H34N2/c1-16(2)15-17-11-7-6-10-14-18-12-8-4-3-5-9-13-18/h16-17H,3-15H2,1-2H3. The van der Waals surface area contributed by atoms with Crippen LogP contribution in [0.4, 0.5) is 0 Å². The van der Waals surface area contributed by atoms with E-state index >= 15 is 0 Å². The Labute approximate surface area is 115 Å². The van der Waals surface area contributed by atoms with Gasteiger partial charge in [0.25, 0.3) is 0 Å². The minimum atomic E-state index is 0.783. The van der Waals surface area contributed by atoms with Crippen molar-refractivity contribution in [3.8, 4) is 0 Å². The van der Waals surface area contributed by atoms with E-state index in [4.69, 9.17) is 0 Å². The smallest absolute Gasteiger partial charge is 0.00187 e. The predicted octanol–water partition coefficient (Wildman–Crippen LogP) is 3.67. The Kier molecular flexibility index (Phi) is 9.59. The van der Waals surface area contributed by atoms with Crippen LogP contribution >= 0.6 is 0 Å². The molecule has 1 saturated heterocycles. The summed E-state index contributed by atoms with van der Waals surface area (Å²) in [7, 11) is 0. The second-order valence-electron chi connectivity index (χ2n) is 6.27. The number of nitrogens with zero attached hydrogens (tertiary/aromatic N) is 1. The normalized spacial score (nSPS) is 18.8. The molecule has 108 valence electrons. The van der Waals surface area contributed by atoms with E-state index in [9.17, 15) is 0 Å². The summed E-state index contributed by atoms with van der Waals surface area (Å²) in [5.41, 5.74) is 0. The second kappa shape index (κ2) is 10.8. The van der Waals surface area contributed by atoms with Crippen molar-refractivity contribution < 1.29 is 0 Å². The molecule has 0 aromatic heterocycles. The summed E-state index contributed by atoms with van der Waals surface area (Å²) >= 11 is 0. The largest absolute Gasteiger partial charge is 0.316 e. The highest BCUT2D eigenvalue weighted by atomic mass is 15.1. The first kappa shape index (κ1) is 16.0. The van der Waals surface area contributed by atoms with Gasteiger partial charge in [-0.15, -0.1) is 0 Å². The van der Waals surface area contributed by atoms with Crippen LogP contribution in [-0.2, 0) is 0 Å². The molecule has 0 unspecified atom stereocenters. The van der Waals surface area contributed by atoms with Gasteiger partial charge < -0.3 is 10.2 Å². The Balaban J connectivity index is 1.89. The van der Waals surface area contributed by atoms with Crippen LogP contribution in [0.3, 0.4) is 0 Å². The van der Waals surface area contributed by atoms with Crippen LogP contribution in [0.2, 0.25) is 0 Å². The number of hydrogen-bond donors (Lipinski definition) is 1. The average Bonchev–Trinajstić information content (AvgIpc) is 2.29. The van der Waals surface area contributed by atoms with Crippen LogP contribution in [0.5, 0.6) is 0 Å². The molecule has 0 aromatic rings. The molecule has 1 aliphatic rings. The van der Waals surface area contributed by atoms with Gasteiger partial charge in [-0.2, -0.15) is 0 Å². The molecule has 1 fully saturated rings. The molecular weight excluding hydrogens is 220 g/mol. The van der Waals surface area contributed by atoms with Crippen molar-refractivity contribution in [1.29, 1.82) is 0 Å². The van der Waals surface area contributed by atoms with E-state index in [2.05, 4.69) is 24.1 Å². The van der Waals surface area contributed by atoms with Crippen molar-refractivity contribution in [2.75, 3.05) is 32.7 Å². The van der Waals surface area contributed by atoms with Crippen LogP contribution in [-0.4, -0.2) is 37.6 Å². The lowest BCUT2D eigenvalue weighted by molar-refractivity contribution is 0.242. The Hall–Kier alpha value is -0.0800. The number of likely N-dealkylation sites (tertiary alicyclic amines) is 1. The molecule has 18 heavy (non-hydrogen) atoms. The molecule has 1 rings (SSSR count). The molecular formula is C16H34N2. The maximum Gasteiger partial charge on any atom is -0.00187 e. The molecule has 0 aliphatic carbocycles. The predicted molar refractivity (Wildman–Crippen MR) is 81.1 cm³/mol. The van der Waals surface area contributed by atoms with Crippen LogP contribution in [0, 0.1) is 5.92 Å². The molecule has 1 aliphatic heterocycles. The maximum absolute atomic E-state index is 3.53. The zero-order valence-corrected chi connectivity index (χ0v) is 12.7. The zero-order valence-electron chi connectivity index (χ0n) is 12.7. The summed E-state index contributed by atoms with van der Waals surface area (Å²) in [6, 6.07) is 0.